The number of para-hydroxylation sites is 1. The first-order valence-corrected chi connectivity index (χ1v) is 13.2. The number of carbonyl (C=O) groups is 1. The van der Waals surface area contributed by atoms with Crippen LogP contribution in [0.2, 0.25) is 0 Å². The van der Waals surface area contributed by atoms with Crippen molar-refractivity contribution >= 4 is 22.9 Å². The largest absolute Gasteiger partial charge is 0.496 e. The second kappa shape index (κ2) is 12.3. The van der Waals surface area contributed by atoms with E-state index in [-0.39, 0.29) is 11.5 Å². The molecule has 5 aromatic rings. The number of benzene rings is 3. The van der Waals surface area contributed by atoms with Gasteiger partial charge in [-0.25, -0.2) is 4.98 Å². The molecule has 1 amide bonds. The van der Waals surface area contributed by atoms with Crippen LogP contribution in [-0.4, -0.2) is 40.6 Å². The fourth-order valence-electron chi connectivity index (χ4n) is 4.64. The maximum absolute atomic E-state index is 13.0. The smallest absolute Gasteiger partial charge is 0.256 e. The van der Waals surface area contributed by atoms with E-state index in [1.54, 1.807) is 42.0 Å². The third-order valence-corrected chi connectivity index (χ3v) is 6.74. The quantitative estimate of drug-likeness (QED) is 0.270. The summed E-state index contributed by atoms with van der Waals surface area (Å²) in [4.78, 5) is 35.0. The summed E-state index contributed by atoms with van der Waals surface area (Å²) in [5, 5.41) is 7.02. The minimum atomic E-state index is -0.217. The van der Waals surface area contributed by atoms with Crippen LogP contribution >= 0.6 is 0 Å². The van der Waals surface area contributed by atoms with E-state index in [1.165, 1.54) is 11.6 Å². The minimum absolute atomic E-state index is 0.160. The number of hydrogen-bond acceptors (Lipinski definition) is 6. The Balaban J connectivity index is 1.33. The number of aryl methyl sites for hydroxylation is 1. The zero-order valence-electron chi connectivity index (χ0n) is 22.6. The number of nitrogens with one attached hydrogen (secondary N) is 2. The molecule has 0 bridgehead atoms. The number of carbonyl (C=O) groups excluding carboxylic acids is 1. The molecule has 202 valence electrons. The topological polar surface area (TPSA) is 98.1 Å². The molecule has 2 heterocycles. The van der Waals surface area contributed by atoms with Gasteiger partial charge in [0.15, 0.2) is 5.65 Å². The number of fused-ring (bicyclic) bond motifs is 1. The summed E-state index contributed by atoms with van der Waals surface area (Å²) in [6.07, 6.45) is 1.48. The molecular formula is C32H31N5O3. The first kappa shape index (κ1) is 26.6. The average Bonchev–Trinajstić information content (AvgIpc) is 2.98. The molecule has 5 rings (SSSR count). The highest BCUT2D eigenvalue weighted by molar-refractivity contribution is 5.94. The lowest BCUT2D eigenvalue weighted by atomic mass is 10.1. The van der Waals surface area contributed by atoms with Gasteiger partial charge in [0.05, 0.1) is 18.5 Å². The summed E-state index contributed by atoms with van der Waals surface area (Å²) >= 11 is 0. The van der Waals surface area contributed by atoms with E-state index >= 15 is 0 Å². The summed E-state index contributed by atoms with van der Waals surface area (Å²) < 4.78 is 6.99. The summed E-state index contributed by atoms with van der Waals surface area (Å²) in [6.45, 7) is 3.03. The number of aromatic nitrogens is 3. The monoisotopic (exact) mass is 533 g/mol. The molecule has 0 saturated heterocycles. The van der Waals surface area contributed by atoms with Crippen molar-refractivity contribution in [2.75, 3.05) is 25.5 Å². The SMILES string of the molecule is COc1ccccc1CCNc1nc(C)c2ccc(=O)n(-c3ccc(C(=O)NCCc4ccccc4)cc3)c2n1. The van der Waals surface area contributed by atoms with Crippen LogP contribution in [0.1, 0.15) is 27.2 Å². The van der Waals surface area contributed by atoms with Crippen molar-refractivity contribution in [3.05, 3.63) is 124 Å². The van der Waals surface area contributed by atoms with Gasteiger partial charge in [-0.3, -0.25) is 14.2 Å². The zero-order valence-corrected chi connectivity index (χ0v) is 22.6. The van der Waals surface area contributed by atoms with Crippen LogP contribution in [0.4, 0.5) is 5.95 Å². The van der Waals surface area contributed by atoms with Crippen molar-refractivity contribution < 1.29 is 9.53 Å². The van der Waals surface area contributed by atoms with Gasteiger partial charge in [0.25, 0.3) is 11.5 Å². The molecule has 2 N–H and O–H groups in total. The van der Waals surface area contributed by atoms with E-state index in [2.05, 4.69) is 15.6 Å². The van der Waals surface area contributed by atoms with Crippen LogP contribution < -0.4 is 20.9 Å². The van der Waals surface area contributed by atoms with Crippen molar-refractivity contribution in [2.24, 2.45) is 0 Å². The summed E-state index contributed by atoms with van der Waals surface area (Å²) in [6, 6.07) is 28.1. The molecule has 8 nitrogen and oxygen atoms in total. The van der Waals surface area contributed by atoms with Gasteiger partial charge in [0.2, 0.25) is 5.95 Å². The van der Waals surface area contributed by atoms with Gasteiger partial charge in [-0.2, -0.15) is 4.98 Å². The molecule has 8 heteroatoms. The fourth-order valence-corrected chi connectivity index (χ4v) is 4.64. The molecule has 40 heavy (non-hydrogen) atoms. The predicted molar refractivity (Wildman–Crippen MR) is 158 cm³/mol. The molecule has 0 fully saturated rings. The molecule has 2 aromatic heterocycles. The van der Waals surface area contributed by atoms with Crippen LogP contribution in [0.5, 0.6) is 5.75 Å². The van der Waals surface area contributed by atoms with E-state index in [4.69, 9.17) is 9.72 Å². The highest BCUT2D eigenvalue weighted by Gasteiger charge is 2.13. The van der Waals surface area contributed by atoms with E-state index in [1.807, 2.05) is 61.5 Å². The van der Waals surface area contributed by atoms with Crippen molar-refractivity contribution in [1.82, 2.24) is 19.9 Å². The van der Waals surface area contributed by atoms with Crippen molar-refractivity contribution in [3.8, 4) is 11.4 Å². The summed E-state index contributed by atoms with van der Waals surface area (Å²) in [5.74, 6) is 1.11. The van der Waals surface area contributed by atoms with Crippen molar-refractivity contribution in [2.45, 2.75) is 19.8 Å². The molecular weight excluding hydrogens is 502 g/mol. The van der Waals surface area contributed by atoms with Gasteiger partial charge >= 0.3 is 0 Å². The molecule has 0 spiro atoms. The van der Waals surface area contributed by atoms with Crippen LogP contribution in [0.15, 0.2) is 95.8 Å². The molecule has 0 aliphatic heterocycles. The standard InChI is InChI=1S/C32H31N5O3/c1-22-27-16-17-29(38)37(30(27)36-32(35-22)34-21-19-24-10-6-7-11-28(24)40-2)26-14-12-25(13-15-26)31(39)33-20-18-23-8-4-3-5-9-23/h3-17H,18-21H2,1-2H3,(H,33,39)(H,34,35,36). The first-order chi connectivity index (χ1) is 19.5. The number of anilines is 1. The van der Waals surface area contributed by atoms with Crippen molar-refractivity contribution in [1.29, 1.82) is 0 Å². The third kappa shape index (κ3) is 6.02. The highest BCUT2D eigenvalue weighted by Crippen LogP contribution is 2.21. The number of hydrogen-bond donors (Lipinski definition) is 2. The number of rotatable bonds is 10. The van der Waals surface area contributed by atoms with E-state index in [0.717, 1.165) is 35.2 Å². The predicted octanol–water partition coefficient (Wildman–Crippen LogP) is 4.72. The number of ether oxygens (including phenoxy) is 1. The second-order valence-corrected chi connectivity index (χ2v) is 9.40. The Labute approximate surface area is 232 Å². The van der Waals surface area contributed by atoms with Gasteiger partial charge in [0.1, 0.15) is 5.75 Å². The Bertz CT molecular complexity index is 1680. The van der Waals surface area contributed by atoms with E-state index < -0.39 is 0 Å². The van der Waals surface area contributed by atoms with Crippen LogP contribution in [-0.2, 0) is 12.8 Å². The first-order valence-electron chi connectivity index (χ1n) is 13.2. The van der Waals surface area contributed by atoms with Crippen LogP contribution in [0.3, 0.4) is 0 Å². The normalized spacial score (nSPS) is 10.8. The molecule has 3 aromatic carbocycles. The van der Waals surface area contributed by atoms with Crippen molar-refractivity contribution in [3.63, 3.8) is 0 Å². The highest BCUT2D eigenvalue weighted by atomic mass is 16.5. The Morgan fingerprint density at radius 3 is 2.38 bits per heavy atom. The van der Waals surface area contributed by atoms with Gasteiger partial charge in [0, 0.05) is 30.1 Å². The maximum Gasteiger partial charge on any atom is 0.256 e. The number of amides is 1. The Hall–Kier alpha value is -4.98. The molecule has 0 aliphatic rings. The van der Waals surface area contributed by atoms with Crippen LogP contribution in [0, 0.1) is 6.92 Å². The fraction of sp³-hybridized carbons (Fsp3) is 0.188. The van der Waals surface area contributed by atoms with E-state index in [0.29, 0.717) is 35.9 Å². The second-order valence-electron chi connectivity index (χ2n) is 9.40. The maximum atomic E-state index is 13.0. The molecule has 0 unspecified atom stereocenters. The lowest BCUT2D eigenvalue weighted by Crippen LogP contribution is -2.25. The average molecular weight is 534 g/mol. The molecule has 0 saturated carbocycles. The lowest BCUT2D eigenvalue weighted by Gasteiger charge is -2.14. The third-order valence-electron chi connectivity index (χ3n) is 6.74. The zero-order chi connectivity index (χ0) is 27.9. The minimum Gasteiger partial charge on any atom is -0.496 e. The summed E-state index contributed by atoms with van der Waals surface area (Å²) in [5.41, 5.74) is 4.43. The van der Waals surface area contributed by atoms with Crippen LogP contribution in [0.25, 0.3) is 16.7 Å². The molecule has 0 atom stereocenters. The number of nitrogens with zero attached hydrogens (tertiary/aromatic N) is 3. The summed E-state index contributed by atoms with van der Waals surface area (Å²) in [7, 11) is 1.66. The van der Waals surface area contributed by atoms with Gasteiger partial charge in [-0.15, -0.1) is 0 Å². The van der Waals surface area contributed by atoms with Gasteiger partial charge in [-0.1, -0.05) is 48.5 Å². The number of methoxy groups -OCH3 is 1. The van der Waals surface area contributed by atoms with Gasteiger partial charge < -0.3 is 15.4 Å². The molecule has 0 radical (unpaired) electrons. The van der Waals surface area contributed by atoms with Gasteiger partial charge in [-0.05, 0) is 67.3 Å². The lowest BCUT2D eigenvalue weighted by molar-refractivity contribution is 0.0954. The Kier molecular flexibility index (Phi) is 8.15. The number of pyridine rings is 1. The van der Waals surface area contributed by atoms with E-state index in [9.17, 15) is 9.59 Å². The molecule has 0 aliphatic carbocycles. The Morgan fingerprint density at radius 2 is 1.60 bits per heavy atom. The Morgan fingerprint density at radius 1 is 0.850 bits per heavy atom.